The van der Waals surface area contributed by atoms with Gasteiger partial charge in [0.1, 0.15) is 0 Å². The molecule has 0 heterocycles. The van der Waals surface area contributed by atoms with Crippen molar-refractivity contribution >= 4 is 0 Å². The first-order valence-electron chi connectivity index (χ1n) is 5.19. The van der Waals surface area contributed by atoms with E-state index in [1.807, 2.05) is 6.92 Å². The fourth-order valence-electron chi connectivity index (χ4n) is 0.953. The number of ether oxygens (including phenoxy) is 3. The molecule has 0 bridgehead atoms. The summed E-state index contributed by atoms with van der Waals surface area (Å²) in [6.45, 7) is 5.54. The molecule has 2 N–H and O–H groups in total. The van der Waals surface area contributed by atoms with E-state index in [4.69, 9.17) is 19.9 Å². The lowest BCUT2D eigenvalue weighted by Crippen LogP contribution is -2.15. The number of rotatable bonds is 10. The first-order valence-corrected chi connectivity index (χ1v) is 5.19. The van der Waals surface area contributed by atoms with E-state index in [9.17, 15) is 0 Å². The maximum Gasteiger partial charge on any atom is 0.0703 e. The fourth-order valence-corrected chi connectivity index (χ4v) is 0.953. The summed E-state index contributed by atoms with van der Waals surface area (Å²) in [5.74, 6) is 0. The minimum Gasteiger partial charge on any atom is -0.382 e. The highest BCUT2D eigenvalue weighted by Crippen LogP contribution is 1.97. The van der Waals surface area contributed by atoms with E-state index >= 15 is 0 Å². The Labute approximate surface area is 86.7 Å². The van der Waals surface area contributed by atoms with Crippen molar-refractivity contribution in [3.05, 3.63) is 0 Å². The van der Waals surface area contributed by atoms with Crippen LogP contribution in [0.25, 0.3) is 0 Å². The maximum atomic E-state index is 5.46. The second-order valence-electron chi connectivity index (χ2n) is 3.22. The smallest absolute Gasteiger partial charge is 0.0703 e. The predicted molar refractivity (Wildman–Crippen MR) is 56.4 cm³/mol. The Balaban J connectivity index is 3.06. The number of nitrogens with two attached hydrogens (primary N) is 1. The van der Waals surface area contributed by atoms with Crippen LogP contribution in [-0.4, -0.2) is 46.2 Å². The minimum atomic E-state index is 0.239. The standard InChI is InChI=1S/C10H23NO3/c1-10(14-9-8-12-2)4-7-13-6-3-5-11/h10H,3-9,11H2,1-2H3. The van der Waals surface area contributed by atoms with Gasteiger partial charge < -0.3 is 19.9 Å². The zero-order valence-corrected chi connectivity index (χ0v) is 9.33. The molecule has 0 amide bonds. The van der Waals surface area contributed by atoms with E-state index in [0.29, 0.717) is 19.8 Å². The Morgan fingerprint density at radius 2 is 1.93 bits per heavy atom. The monoisotopic (exact) mass is 205 g/mol. The van der Waals surface area contributed by atoms with Gasteiger partial charge in [-0.25, -0.2) is 0 Å². The molecule has 0 aliphatic rings. The quantitative estimate of drug-likeness (QED) is 0.536. The molecule has 0 rings (SSSR count). The van der Waals surface area contributed by atoms with E-state index in [2.05, 4.69) is 0 Å². The Hall–Kier alpha value is -0.160. The summed E-state index contributed by atoms with van der Waals surface area (Å²) in [5.41, 5.74) is 5.33. The van der Waals surface area contributed by atoms with Crippen LogP contribution in [0.1, 0.15) is 19.8 Å². The molecular weight excluding hydrogens is 182 g/mol. The van der Waals surface area contributed by atoms with Gasteiger partial charge in [-0.05, 0) is 26.3 Å². The molecule has 86 valence electrons. The molecule has 0 fully saturated rings. The number of methoxy groups -OCH3 is 1. The molecule has 0 aliphatic heterocycles. The molecule has 4 heteroatoms. The van der Waals surface area contributed by atoms with Crippen molar-refractivity contribution in [2.75, 3.05) is 40.1 Å². The second kappa shape index (κ2) is 10.9. The Morgan fingerprint density at radius 1 is 1.14 bits per heavy atom. The van der Waals surface area contributed by atoms with Crippen molar-refractivity contribution in [2.24, 2.45) is 5.73 Å². The summed E-state index contributed by atoms with van der Waals surface area (Å²) in [6.07, 6.45) is 2.09. The first-order chi connectivity index (χ1) is 6.81. The maximum absolute atomic E-state index is 5.46. The number of hydrogen-bond acceptors (Lipinski definition) is 4. The lowest BCUT2D eigenvalue weighted by Gasteiger charge is -2.12. The predicted octanol–water partition coefficient (Wildman–Crippen LogP) is 0.793. The molecule has 1 atom stereocenters. The molecule has 0 radical (unpaired) electrons. The van der Waals surface area contributed by atoms with E-state index in [1.54, 1.807) is 7.11 Å². The molecule has 0 spiro atoms. The second-order valence-corrected chi connectivity index (χ2v) is 3.22. The molecule has 0 aromatic heterocycles. The van der Waals surface area contributed by atoms with Crippen molar-refractivity contribution in [1.29, 1.82) is 0 Å². The molecule has 1 unspecified atom stereocenters. The van der Waals surface area contributed by atoms with Gasteiger partial charge in [0.2, 0.25) is 0 Å². The van der Waals surface area contributed by atoms with Gasteiger partial charge in [0.15, 0.2) is 0 Å². The van der Waals surface area contributed by atoms with Crippen molar-refractivity contribution in [3.63, 3.8) is 0 Å². The van der Waals surface area contributed by atoms with Crippen LogP contribution in [0.15, 0.2) is 0 Å². The van der Waals surface area contributed by atoms with Crippen LogP contribution in [0.3, 0.4) is 0 Å². The Morgan fingerprint density at radius 3 is 2.57 bits per heavy atom. The van der Waals surface area contributed by atoms with Crippen LogP contribution in [-0.2, 0) is 14.2 Å². The van der Waals surface area contributed by atoms with Gasteiger partial charge in [-0.2, -0.15) is 0 Å². The Kier molecular flexibility index (Phi) is 10.8. The summed E-state index contributed by atoms with van der Waals surface area (Å²) >= 11 is 0. The number of hydrogen-bond donors (Lipinski definition) is 1. The average molecular weight is 205 g/mol. The fraction of sp³-hybridized carbons (Fsp3) is 1.00. The summed E-state index contributed by atoms with van der Waals surface area (Å²) in [4.78, 5) is 0. The van der Waals surface area contributed by atoms with Gasteiger partial charge in [-0.15, -0.1) is 0 Å². The van der Waals surface area contributed by atoms with Crippen molar-refractivity contribution in [1.82, 2.24) is 0 Å². The summed E-state index contributed by atoms with van der Waals surface area (Å²) in [6, 6.07) is 0. The lowest BCUT2D eigenvalue weighted by molar-refractivity contribution is 0.00615. The lowest BCUT2D eigenvalue weighted by atomic mass is 10.3. The highest BCUT2D eigenvalue weighted by atomic mass is 16.5. The minimum absolute atomic E-state index is 0.239. The molecule has 0 aliphatic carbocycles. The van der Waals surface area contributed by atoms with Crippen LogP contribution in [0.5, 0.6) is 0 Å². The zero-order valence-electron chi connectivity index (χ0n) is 9.33. The van der Waals surface area contributed by atoms with Crippen LogP contribution in [0, 0.1) is 0 Å². The van der Waals surface area contributed by atoms with Crippen LogP contribution < -0.4 is 5.73 Å². The van der Waals surface area contributed by atoms with Crippen molar-refractivity contribution in [3.8, 4) is 0 Å². The van der Waals surface area contributed by atoms with Gasteiger partial charge in [0.05, 0.1) is 19.3 Å². The van der Waals surface area contributed by atoms with E-state index in [1.165, 1.54) is 0 Å². The molecule has 0 aromatic carbocycles. The van der Waals surface area contributed by atoms with Crippen LogP contribution >= 0.6 is 0 Å². The molecule has 0 aromatic rings. The molecule has 0 saturated carbocycles. The summed E-state index contributed by atoms with van der Waals surface area (Å²) < 4.78 is 15.7. The molecule has 4 nitrogen and oxygen atoms in total. The zero-order chi connectivity index (χ0) is 10.6. The average Bonchev–Trinajstić information content (AvgIpc) is 2.18. The molecular formula is C10H23NO3. The topological polar surface area (TPSA) is 53.7 Å². The van der Waals surface area contributed by atoms with Gasteiger partial charge in [0.25, 0.3) is 0 Å². The van der Waals surface area contributed by atoms with E-state index in [-0.39, 0.29) is 6.10 Å². The van der Waals surface area contributed by atoms with Gasteiger partial charge in [0, 0.05) is 20.3 Å². The highest BCUT2D eigenvalue weighted by Gasteiger charge is 2.01. The van der Waals surface area contributed by atoms with Gasteiger partial charge >= 0.3 is 0 Å². The Bertz CT molecular complexity index is 112. The van der Waals surface area contributed by atoms with Gasteiger partial charge in [-0.1, -0.05) is 0 Å². The van der Waals surface area contributed by atoms with Crippen LogP contribution in [0.4, 0.5) is 0 Å². The van der Waals surface area contributed by atoms with Crippen molar-refractivity contribution in [2.45, 2.75) is 25.9 Å². The largest absolute Gasteiger partial charge is 0.382 e. The van der Waals surface area contributed by atoms with E-state index < -0.39 is 0 Å². The van der Waals surface area contributed by atoms with E-state index in [0.717, 1.165) is 26.1 Å². The third kappa shape index (κ3) is 9.92. The third-order valence-corrected chi connectivity index (χ3v) is 1.85. The van der Waals surface area contributed by atoms with Crippen molar-refractivity contribution < 1.29 is 14.2 Å². The molecule has 14 heavy (non-hydrogen) atoms. The third-order valence-electron chi connectivity index (χ3n) is 1.85. The SMILES string of the molecule is COCCOC(C)CCOCCCN. The molecule has 0 saturated heterocycles. The summed E-state index contributed by atoms with van der Waals surface area (Å²) in [7, 11) is 1.67. The summed E-state index contributed by atoms with van der Waals surface area (Å²) in [5, 5.41) is 0. The first kappa shape index (κ1) is 13.8. The van der Waals surface area contributed by atoms with Gasteiger partial charge in [-0.3, -0.25) is 0 Å². The highest BCUT2D eigenvalue weighted by molar-refractivity contribution is 4.49. The normalized spacial score (nSPS) is 13.1. The van der Waals surface area contributed by atoms with Crippen LogP contribution in [0.2, 0.25) is 0 Å².